The molecule has 4 saturated carbocycles. The largest absolute Gasteiger partial charge is 0.298 e. The van der Waals surface area contributed by atoms with E-state index in [-0.39, 0.29) is 10.8 Å². The van der Waals surface area contributed by atoms with Crippen molar-refractivity contribution in [2.45, 2.75) is 110 Å². The highest BCUT2D eigenvalue weighted by atomic mass is 16.1. The molecule has 25 heavy (non-hydrogen) atoms. The van der Waals surface area contributed by atoms with Crippen molar-refractivity contribution in [2.24, 2.45) is 34.5 Å². The third-order valence-electron chi connectivity index (χ3n) is 9.11. The summed E-state index contributed by atoms with van der Waals surface area (Å²) in [6.45, 7) is 4.73. The first kappa shape index (κ1) is 18.1. The summed E-state index contributed by atoms with van der Waals surface area (Å²) in [4.78, 5) is 13.3. The van der Waals surface area contributed by atoms with Gasteiger partial charge >= 0.3 is 0 Å². The van der Waals surface area contributed by atoms with Crippen LogP contribution >= 0.6 is 0 Å². The zero-order valence-electron chi connectivity index (χ0n) is 16.8. The minimum Gasteiger partial charge on any atom is -0.298 e. The lowest BCUT2D eigenvalue weighted by Crippen LogP contribution is -2.59. The Balaban J connectivity index is 1.29. The minimum atomic E-state index is 0.149. The molecule has 0 unspecified atom stereocenters. The van der Waals surface area contributed by atoms with Gasteiger partial charge in [0.15, 0.2) is 0 Å². The van der Waals surface area contributed by atoms with Gasteiger partial charge in [0, 0.05) is 10.8 Å². The second-order valence-corrected chi connectivity index (χ2v) is 10.7. The van der Waals surface area contributed by atoms with E-state index in [1.54, 1.807) is 0 Å². The Morgan fingerprint density at radius 3 is 1.84 bits per heavy atom. The van der Waals surface area contributed by atoms with Crippen LogP contribution in [0.2, 0.25) is 0 Å². The first-order chi connectivity index (χ1) is 12.1. The molecule has 0 aromatic rings. The van der Waals surface area contributed by atoms with Crippen LogP contribution in [0.4, 0.5) is 0 Å². The minimum absolute atomic E-state index is 0.149. The van der Waals surface area contributed by atoms with Crippen LogP contribution in [0.5, 0.6) is 0 Å². The van der Waals surface area contributed by atoms with E-state index in [4.69, 9.17) is 0 Å². The summed E-state index contributed by atoms with van der Waals surface area (Å²) in [6, 6.07) is 0. The molecule has 0 bridgehead atoms. The molecule has 0 atom stereocenters. The van der Waals surface area contributed by atoms with Gasteiger partial charge in [-0.3, -0.25) is 4.79 Å². The van der Waals surface area contributed by atoms with Gasteiger partial charge in [0.2, 0.25) is 0 Å². The van der Waals surface area contributed by atoms with Crippen molar-refractivity contribution >= 4 is 5.78 Å². The molecule has 0 aliphatic heterocycles. The van der Waals surface area contributed by atoms with Crippen LogP contribution in [0.25, 0.3) is 0 Å². The van der Waals surface area contributed by atoms with Crippen molar-refractivity contribution in [3.8, 4) is 0 Å². The molecule has 0 radical (unpaired) electrons. The predicted molar refractivity (Wildman–Crippen MR) is 104 cm³/mol. The number of rotatable bonds is 3. The molecule has 0 amide bonds. The predicted octanol–water partition coefficient (Wildman–Crippen LogP) is 6.94. The number of carbonyl (C=O) groups excluding carboxylic acids is 1. The van der Waals surface area contributed by atoms with E-state index in [0.29, 0.717) is 0 Å². The first-order valence-corrected chi connectivity index (χ1v) is 11.6. The molecule has 1 heteroatoms. The molecule has 4 aliphatic rings. The molecule has 0 heterocycles. The van der Waals surface area contributed by atoms with Gasteiger partial charge in [-0.2, -0.15) is 0 Å². The van der Waals surface area contributed by atoms with Gasteiger partial charge in [-0.25, -0.2) is 0 Å². The summed E-state index contributed by atoms with van der Waals surface area (Å²) in [5.74, 6) is 4.54. The van der Waals surface area contributed by atoms with Gasteiger partial charge in [-0.05, 0) is 94.3 Å². The van der Waals surface area contributed by atoms with E-state index >= 15 is 0 Å². The molecule has 142 valence electrons. The standard InChI is InChI=1S/C24H40O/c1-3-4-19-9-13-23(14-10-19)17-24(22(23)25)15-11-21(12-16-24)20-7-5-18(2)6-8-20/h18-21H,3-17H2,1-2H3/t18?,19?,20?,21-,23-,24-. The number of Topliss-reactive ketones (excluding diaryl/α,β-unsaturated/α-hetero) is 1. The van der Waals surface area contributed by atoms with E-state index in [9.17, 15) is 4.79 Å². The lowest BCUT2D eigenvalue weighted by atomic mass is 9.43. The quantitative estimate of drug-likeness (QED) is 0.542. The highest BCUT2D eigenvalue weighted by Crippen LogP contribution is 2.64. The third-order valence-corrected chi connectivity index (χ3v) is 9.11. The Kier molecular flexibility index (Phi) is 5.06. The van der Waals surface area contributed by atoms with E-state index < -0.39 is 0 Å². The molecular weight excluding hydrogens is 304 g/mol. The summed E-state index contributed by atoms with van der Waals surface area (Å²) in [6.07, 6.45) is 20.1. The smallest absolute Gasteiger partial charge is 0.145 e. The van der Waals surface area contributed by atoms with E-state index in [2.05, 4.69) is 13.8 Å². The van der Waals surface area contributed by atoms with Gasteiger partial charge in [0.05, 0.1) is 0 Å². The number of hydrogen-bond acceptors (Lipinski definition) is 1. The molecule has 1 nitrogen and oxygen atoms in total. The van der Waals surface area contributed by atoms with E-state index in [0.717, 1.165) is 29.5 Å². The zero-order valence-corrected chi connectivity index (χ0v) is 16.8. The first-order valence-electron chi connectivity index (χ1n) is 11.6. The van der Waals surface area contributed by atoms with Crippen molar-refractivity contribution in [1.82, 2.24) is 0 Å². The molecule has 0 saturated heterocycles. The number of hydrogen-bond donors (Lipinski definition) is 0. The van der Waals surface area contributed by atoms with E-state index in [1.807, 2.05) is 0 Å². The third kappa shape index (κ3) is 3.23. The normalized spacial score (nSPS) is 47.8. The maximum atomic E-state index is 13.3. The fraction of sp³-hybridized carbons (Fsp3) is 0.958. The molecule has 4 fully saturated rings. The molecule has 0 N–H and O–H groups in total. The maximum Gasteiger partial charge on any atom is 0.145 e. The lowest BCUT2D eigenvalue weighted by Gasteiger charge is -2.59. The van der Waals surface area contributed by atoms with Crippen LogP contribution in [-0.2, 0) is 4.79 Å². The monoisotopic (exact) mass is 344 g/mol. The zero-order chi connectivity index (χ0) is 17.5. The molecular formula is C24H40O. The number of carbonyl (C=O) groups is 1. The van der Waals surface area contributed by atoms with Crippen molar-refractivity contribution < 1.29 is 4.79 Å². The summed E-state index contributed by atoms with van der Waals surface area (Å²) in [5.41, 5.74) is 0.299. The van der Waals surface area contributed by atoms with Crippen LogP contribution in [0, 0.1) is 34.5 Å². The lowest BCUT2D eigenvalue weighted by molar-refractivity contribution is -0.169. The Labute approximate surface area is 155 Å². The van der Waals surface area contributed by atoms with Crippen molar-refractivity contribution in [3.63, 3.8) is 0 Å². The van der Waals surface area contributed by atoms with E-state index in [1.165, 1.54) is 96.3 Å². The maximum absolute atomic E-state index is 13.3. The van der Waals surface area contributed by atoms with Gasteiger partial charge < -0.3 is 0 Å². The molecule has 4 rings (SSSR count). The molecule has 4 aliphatic carbocycles. The summed E-state index contributed by atoms with van der Waals surface area (Å²) in [5, 5.41) is 0. The average molecular weight is 345 g/mol. The molecule has 0 aromatic carbocycles. The van der Waals surface area contributed by atoms with Gasteiger partial charge in [-0.1, -0.05) is 39.5 Å². The Bertz CT molecular complexity index is 468. The van der Waals surface area contributed by atoms with Gasteiger partial charge in [0.1, 0.15) is 5.78 Å². The summed E-state index contributed by atoms with van der Waals surface area (Å²) in [7, 11) is 0. The summed E-state index contributed by atoms with van der Waals surface area (Å²) >= 11 is 0. The average Bonchev–Trinajstić information content (AvgIpc) is 2.65. The topological polar surface area (TPSA) is 17.1 Å². The van der Waals surface area contributed by atoms with Crippen LogP contribution in [-0.4, -0.2) is 5.78 Å². The second kappa shape index (κ2) is 7.01. The molecule has 2 spiro atoms. The fourth-order valence-electron chi connectivity index (χ4n) is 7.42. The van der Waals surface area contributed by atoms with Crippen molar-refractivity contribution in [2.75, 3.05) is 0 Å². The second-order valence-electron chi connectivity index (χ2n) is 10.7. The van der Waals surface area contributed by atoms with Crippen molar-refractivity contribution in [1.29, 1.82) is 0 Å². The van der Waals surface area contributed by atoms with Gasteiger partial charge in [0.25, 0.3) is 0 Å². The highest BCUT2D eigenvalue weighted by molar-refractivity contribution is 5.96. The Morgan fingerprint density at radius 2 is 1.32 bits per heavy atom. The number of ketones is 1. The highest BCUT2D eigenvalue weighted by Gasteiger charge is 2.63. The van der Waals surface area contributed by atoms with Crippen LogP contribution in [0.15, 0.2) is 0 Å². The molecule has 0 aromatic heterocycles. The summed E-state index contributed by atoms with van der Waals surface area (Å²) < 4.78 is 0. The van der Waals surface area contributed by atoms with Gasteiger partial charge in [-0.15, -0.1) is 0 Å². The van der Waals surface area contributed by atoms with Crippen LogP contribution < -0.4 is 0 Å². The van der Waals surface area contributed by atoms with Crippen molar-refractivity contribution in [3.05, 3.63) is 0 Å². The van der Waals surface area contributed by atoms with Crippen LogP contribution in [0.1, 0.15) is 110 Å². The Hall–Kier alpha value is -0.330. The SMILES string of the molecule is CCCC1CC[C@]2(CC1)C[C@@]1(CC[C@H](C3CCC(C)CC3)CC1)C2=O. The Morgan fingerprint density at radius 1 is 0.800 bits per heavy atom. The fourth-order valence-corrected chi connectivity index (χ4v) is 7.42. The van der Waals surface area contributed by atoms with Crippen LogP contribution in [0.3, 0.4) is 0 Å².